The zero-order chi connectivity index (χ0) is 15.4. The average molecular weight is 330 g/mol. The molecule has 1 aliphatic heterocycles. The Morgan fingerprint density at radius 1 is 1.33 bits per heavy atom. The number of rotatable bonds is 5. The molecule has 0 aliphatic carbocycles. The highest BCUT2D eigenvalue weighted by atomic mass is 35.5. The molecule has 4 amide bonds. The van der Waals surface area contributed by atoms with Gasteiger partial charge in [0, 0.05) is 16.6 Å². The molecule has 0 aromatic heterocycles. The van der Waals surface area contributed by atoms with Crippen molar-refractivity contribution in [2.24, 2.45) is 0 Å². The number of hydrogen-bond acceptors (Lipinski definition) is 3. The molecule has 8 heteroatoms. The van der Waals surface area contributed by atoms with Crippen LogP contribution in [0.5, 0.6) is 0 Å². The molecule has 1 heterocycles. The maximum Gasteiger partial charge on any atom is 0.325 e. The highest BCUT2D eigenvalue weighted by molar-refractivity contribution is 6.35. The van der Waals surface area contributed by atoms with Crippen molar-refractivity contribution in [1.82, 2.24) is 15.5 Å². The van der Waals surface area contributed by atoms with Crippen molar-refractivity contribution >= 4 is 41.0 Å². The van der Waals surface area contributed by atoms with Gasteiger partial charge in [0.15, 0.2) is 0 Å². The van der Waals surface area contributed by atoms with Crippen molar-refractivity contribution in [3.8, 4) is 0 Å². The van der Waals surface area contributed by atoms with Crippen LogP contribution in [0.25, 0.3) is 0 Å². The lowest BCUT2D eigenvalue weighted by Gasteiger charge is -2.12. The van der Waals surface area contributed by atoms with E-state index in [4.69, 9.17) is 23.2 Å². The Bertz CT molecular complexity index is 576. The molecular weight excluding hydrogens is 317 g/mol. The summed E-state index contributed by atoms with van der Waals surface area (Å²) < 4.78 is 0. The molecule has 1 fully saturated rings. The smallest absolute Gasteiger partial charge is 0.325 e. The van der Waals surface area contributed by atoms with Gasteiger partial charge in [0.1, 0.15) is 6.54 Å². The number of carbonyl (C=O) groups is 3. The number of carbonyl (C=O) groups excluding carboxylic acids is 3. The van der Waals surface area contributed by atoms with Gasteiger partial charge in [-0.15, -0.1) is 0 Å². The largest absolute Gasteiger partial charge is 0.354 e. The normalized spacial score (nSPS) is 14.3. The van der Waals surface area contributed by atoms with Crippen molar-refractivity contribution in [2.45, 2.75) is 6.42 Å². The first-order chi connectivity index (χ1) is 9.97. The molecular formula is C13H13Cl2N3O3. The van der Waals surface area contributed by atoms with E-state index in [-0.39, 0.29) is 13.1 Å². The van der Waals surface area contributed by atoms with Gasteiger partial charge in [-0.25, -0.2) is 4.79 Å². The van der Waals surface area contributed by atoms with Gasteiger partial charge < -0.3 is 10.6 Å². The first kappa shape index (κ1) is 15.6. The van der Waals surface area contributed by atoms with Crippen molar-refractivity contribution in [2.75, 3.05) is 19.6 Å². The van der Waals surface area contributed by atoms with Gasteiger partial charge in [-0.3, -0.25) is 14.5 Å². The van der Waals surface area contributed by atoms with Crippen molar-refractivity contribution in [3.63, 3.8) is 0 Å². The zero-order valence-electron chi connectivity index (χ0n) is 11.0. The summed E-state index contributed by atoms with van der Waals surface area (Å²) in [4.78, 5) is 35.2. The Kier molecular flexibility index (Phi) is 5.03. The molecule has 0 bridgehead atoms. The predicted molar refractivity (Wildman–Crippen MR) is 78.3 cm³/mol. The fraction of sp³-hybridized carbons (Fsp3) is 0.308. The first-order valence-corrected chi connectivity index (χ1v) is 7.02. The van der Waals surface area contributed by atoms with Crippen LogP contribution >= 0.6 is 23.2 Å². The molecule has 0 radical (unpaired) electrons. The number of hydrogen-bond donors (Lipinski definition) is 2. The molecule has 21 heavy (non-hydrogen) atoms. The molecule has 1 aromatic carbocycles. The first-order valence-electron chi connectivity index (χ1n) is 6.26. The Labute approximate surface area is 131 Å². The Balaban J connectivity index is 1.79. The fourth-order valence-corrected chi connectivity index (χ4v) is 2.38. The van der Waals surface area contributed by atoms with Crippen LogP contribution in [0.1, 0.15) is 5.56 Å². The van der Waals surface area contributed by atoms with Gasteiger partial charge in [-0.1, -0.05) is 29.3 Å². The van der Waals surface area contributed by atoms with Crippen LogP contribution in [-0.2, 0) is 16.0 Å². The number of nitrogens with zero attached hydrogens (tertiary/aromatic N) is 1. The summed E-state index contributed by atoms with van der Waals surface area (Å²) in [5.41, 5.74) is 0.858. The molecule has 1 saturated heterocycles. The minimum absolute atomic E-state index is 0.0630. The highest BCUT2D eigenvalue weighted by Gasteiger charge is 2.29. The Hall–Kier alpha value is -1.79. The van der Waals surface area contributed by atoms with Gasteiger partial charge in [-0.2, -0.15) is 0 Å². The summed E-state index contributed by atoms with van der Waals surface area (Å²) in [5, 5.41) is 6.06. The van der Waals surface area contributed by atoms with E-state index in [2.05, 4.69) is 10.6 Å². The molecule has 0 atom stereocenters. The lowest BCUT2D eigenvalue weighted by Crippen LogP contribution is -2.41. The third-order valence-corrected chi connectivity index (χ3v) is 3.56. The highest BCUT2D eigenvalue weighted by Crippen LogP contribution is 2.20. The lowest BCUT2D eigenvalue weighted by molar-refractivity contribution is -0.130. The van der Waals surface area contributed by atoms with Crippen LogP contribution in [0, 0.1) is 0 Å². The third-order valence-electron chi connectivity index (χ3n) is 2.97. The number of halogens is 2. The molecule has 2 rings (SSSR count). The summed E-state index contributed by atoms with van der Waals surface area (Å²) in [6.07, 6.45) is 0.530. The van der Waals surface area contributed by atoms with Crippen LogP contribution in [0.15, 0.2) is 18.2 Å². The van der Waals surface area contributed by atoms with E-state index in [0.29, 0.717) is 23.0 Å². The van der Waals surface area contributed by atoms with E-state index in [1.807, 2.05) is 0 Å². The lowest BCUT2D eigenvalue weighted by atomic mass is 10.1. The topological polar surface area (TPSA) is 78.5 Å². The second-order valence-electron chi connectivity index (χ2n) is 4.47. The van der Waals surface area contributed by atoms with Crippen LogP contribution < -0.4 is 10.6 Å². The predicted octanol–water partition coefficient (Wildman–Crippen LogP) is 1.20. The van der Waals surface area contributed by atoms with E-state index in [9.17, 15) is 14.4 Å². The molecule has 112 valence electrons. The van der Waals surface area contributed by atoms with Gasteiger partial charge in [0.25, 0.3) is 5.91 Å². The second-order valence-corrected chi connectivity index (χ2v) is 5.32. The van der Waals surface area contributed by atoms with Gasteiger partial charge in [-0.05, 0) is 24.1 Å². The van der Waals surface area contributed by atoms with Crippen molar-refractivity contribution in [1.29, 1.82) is 0 Å². The summed E-state index contributed by atoms with van der Waals surface area (Å²) in [5.74, 6) is -0.804. The van der Waals surface area contributed by atoms with Crippen LogP contribution in [0.4, 0.5) is 4.79 Å². The Morgan fingerprint density at radius 3 is 2.71 bits per heavy atom. The van der Waals surface area contributed by atoms with Crippen LogP contribution in [0.2, 0.25) is 10.0 Å². The number of imide groups is 1. The van der Waals surface area contributed by atoms with Crippen LogP contribution in [0.3, 0.4) is 0 Å². The molecule has 1 aromatic rings. The second kappa shape index (κ2) is 6.78. The minimum atomic E-state index is -0.545. The van der Waals surface area contributed by atoms with Gasteiger partial charge >= 0.3 is 6.03 Å². The van der Waals surface area contributed by atoms with Crippen molar-refractivity contribution in [3.05, 3.63) is 33.8 Å². The number of nitrogens with one attached hydrogen (secondary N) is 2. The minimum Gasteiger partial charge on any atom is -0.354 e. The van der Waals surface area contributed by atoms with E-state index in [1.165, 1.54) is 0 Å². The molecule has 6 nitrogen and oxygen atoms in total. The van der Waals surface area contributed by atoms with E-state index in [0.717, 1.165) is 10.5 Å². The quantitative estimate of drug-likeness (QED) is 0.797. The molecule has 0 saturated carbocycles. The van der Waals surface area contributed by atoms with Crippen LogP contribution in [-0.4, -0.2) is 42.4 Å². The summed E-state index contributed by atoms with van der Waals surface area (Å²) in [7, 11) is 0. The summed E-state index contributed by atoms with van der Waals surface area (Å²) in [6, 6.07) is 4.59. The van der Waals surface area contributed by atoms with E-state index < -0.39 is 17.8 Å². The fourth-order valence-electron chi connectivity index (χ4n) is 1.88. The third kappa shape index (κ3) is 4.09. The van der Waals surface area contributed by atoms with Gasteiger partial charge in [0.2, 0.25) is 5.91 Å². The molecule has 0 unspecified atom stereocenters. The maximum absolute atomic E-state index is 11.7. The Morgan fingerprint density at radius 2 is 2.10 bits per heavy atom. The number of amides is 4. The average Bonchev–Trinajstić information content (AvgIpc) is 2.73. The number of benzene rings is 1. The molecule has 0 spiro atoms. The molecule has 2 N–H and O–H groups in total. The summed E-state index contributed by atoms with van der Waals surface area (Å²) in [6.45, 7) is 0.00927. The zero-order valence-corrected chi connectivity index (χ0v) is 12.5. The number of urea groups is 1. The van der Waals surface area contributed by atoms with Crippen molar-refractivity contribution < 1.29 is 14.4 Å². The van der Waals surface area contributed by atoms with E-state index in [1.54, 1.807) is 18.2 Å². The standard InChI is InChI=1S/C13H13Cl2N3O3/c14-9-2-1-8(10(15)5-9)3-4-16-11(19)7-18-12(20)6-17-13(18)21/h1-2,5H,3-4,6-7H2,(H,16,19)(H,17,21). The monoisotopic (exact) mass is 329 g/mol. The van der Waals surface area contributed by atoms with Gasteiger partial charge in [0.05, 0.1) is 6.54 Å². The van der Waals surface area contributed by atoms with E-state index >= 15 is 0 Å². The SMILES string of the molecule is O=C(CN1C(=O)CNC1=O)NCCc1ccc(Cl)cc1Cl. The molecule has 1 aliphatic rings. The maximum atomic E-state index is 11.7. The summed E-state index contributed by atoms with van der Waals surface area (Å²) >= 11 is 11.8.